The van der Waals surface area contributed by atoms with Crippen LogP contribution >= 0.6 is 0 Å². The number of rotatable bonds is 4. The van der Waals surface area contributed by atoms with Crippen molar-refractivity contribution in [2.45, 2.75) is 19.1 Å². The van der Waals surface area contributed by atoms with Crippen LogP contribution in [-0.4, -0.2) is 17.8 Å². The number of hydrogen-bond acceptors (Lipinski definition) is 3. The number of amides is 1. The Morgan fingerprint density at radius 1 is 0.727 bits per heavy atom. The van der Waals surface area contributed by atoms with Gasteiger partial charge >= 0.3 is 0 Å². The highest BCUT2D eigenvalue weighted by molar-refractivity contribution is 6.02. The Bertz CT molecular complexity index is 1180. The molecule has 1 aliphatic rings. The number of para-hydroxylation sites is 1. The maximum atomic E-state index is 12.9. The van der Waals surface area contributed by atoms with E-state index < -0.39 is 12.1 Å². The summed E-state index contributed by atoms with van der Waals surface area (Å²) in [7, 11) is 0. The molecule has 4 nitrogen and oxygen atoms in total. The monoisotopic (exact) mass is 434 g/mol. The second-order valence-electron chi connectivity index (χ2n) is 7.70. The van der Waals surface area contributed by atoms with Crippen LogP contribution in [-0.2, 0) is 9.53 Å². The largest absolute Gasteiger partial charge is 0.466 e. The van der Waals surface area contributed by atoms with Crippen LogP contribution in [0.4, 0.5) is 5.69 Å². The third-order valence-electron chi connectivity index (χ3n) is 5.18. The molecule has 0 aromatic heterocycles. The summed E-state index contributed by atoms with van der Waals surface area (Å²) in [5.74, 6) is 0.309. The van der Waals surface area contributed by atoms with Crippen LogP contribution in [0.2, 0.25) is 0 Å². The average molecular weight is 435 g/mol. The lowest BCUT2D eigenvalue weighted by atomic mass is 10.0. The van der Waals surface area contributed by atoms with Crippen molar-refractivity contribution in [1.29, 1.82) is 0 Å². The van der Waals surface area contributed by atoms with Crippen LogP contribution in [0.5, 0.6) is 0 Å². The van der Waals surface area contributed by atoms with Gasteiger partial charge in [-0.3, -0.25) is 4.79 Å². The van der Waals surface area contributed by atoms with Crippen LogP contribution in [0.3, 0.4) is 0 Å². The Hall–Kier alpha value is -4.18. The number of benzene rings is 4. The fraction of sp³-hybridized carbons (Fsp3) is 0.103. The van der Waals surface area contributed by atoms with E-state index >= 15 is 0 Å². The van der Waals surface area contributed by atoms with Gasteiger partial charge in [-0.05, 0) is 36.8 Å². The molecule has 0 aliphatic carbocycles. The van der Waals surface area contributed by atoms with Crippen LogP contribution in [0.15, 0.2) is 126 Å². The van der Waals surface area contributed by atoms with E-state index in [1.165, 1.54) is 5.56 Å². The number of aryl methyl sites for hydroxylation is 1. The molecule has 1 N–H and O–H groups in total. The smallest absolute Gasteiger partial charge is 0.253 e. The fourth-order valence-electron chi connectivity index (χ4n) is 3.49. The lowest BCUT2D eigenvalue weighted by Crippen LogP contribution is -2.30. The molecule has 2 unspecified atom stereocenters. The Morgan fingerprint density at radius 3 is 1.79 bits per heavy atom. The van der Waals surface area contributed by atoms with Crippen LogP contribution in [0.1, 0.15) is 22.8 Å². The predicted molar refractivity (Wildman–Crippen MR) is 133 cm³/mol. The average Bonchev–Trinajstić information content (AvgIpc) is 3.33. The highest BCUT2D eigenvalue weighted by Crippen LogP contribution is 2.31. The Kier molecular flexibility index (Phi) is 7.29. The summed E-state index contributed by atoms with van der Waals surface area (Å²) in [6, 6.07) is 38.4. The molecule has 4 heteroatoms. The maximum absolute atomic E-state index is 12.9. The van der Waals surface area contributed by atoms with Gasteiger partial charge in [-0.2, -0.15) is 0 Å². The highest BCUT2D eigenvalue weighted by atomic mass is 16.5. The minimum atomic E-state index is -0.646. The zero-order valence-corrected chi connectivity index (χ0v) is 18.5. The van der Waals surface area contributed by atoms with Crippen LogP contribution < -0.4 is 5.32 Å². The maximum Gasteiger partial charge on any atom is 0.253 e. The van der Waals surface area contributed by atoms with Crippen molar-refractivity contribution in [2.75, 3.05) is 5.32 Å². The van der Waals surface area contributed by atoms with Crippen LogP contribution in [0, 0.1) is 6.92 Å². The van der Waals surface area contributed by atoms with Gasteiger partial charge in [0, 0.05) is 11.3 Å². The van der Waals surface area contributed by atoms with Gasteiger partial charge in [0.2, 0.25) is 5.90 Å². The zero-order chi connectivity index (χ0) is 22.9. The molecule has 33 heavy (non-hydrogen) atoms. The van der Waals surface area contributed by atoms with E-state index in [0.29, 0.717) is 5.90 Å². The van der Waals surface area contributed by atoms with E-state index in [1.807, 2.05) is 109 Å². The van der Waals surface area contributed by atoms with Crippen molar-refractivity contribution in [3.05, 3.63) is 138 Å². The first-order chi connectivity index (χ1) is 16.2. The Labute approximate surface area is 194 Å². The third-order valence-corrected chi connectivity index (χ3v) is 5.18. The lowest BCUT2D eigenvalue weighted by Gasteiger charge is -2.18. The van der Waals surface area contributed by atoms with Gasteiger partial charge in [-0.15, -0.1) is 0 Å². The first-order valence-corrected chi connectivity index (χ1v) is 10.9. The molecule has 0 radical (unpaired) electrons. The molecule has 0 fully saturated rings. The molecule has 164 valence electrons. The summed E-state index contributed by atoms with van der Waals surface area (Å²) in [6.07, 6.45) is -0.449. The Morgan fingerprint density at radius 2 is 1.24 bits per heavy atom. The molecule has 0 bridgehead atoms. The third kappa shape index (κ3) is 5.95. The molecule has 0 saturated heterocycles. The van der Waals surface area contributed by atoms with Crippen molar-refractivity contribution in [3.63, 3.8) is 0 Å². The predicted octanol–water partition coefficient (Wildman–Crippen LogP) is 6.21. The van der Waals surface area contributed by atoms with Crippen LogP contribution in [0.25, 0.3) is 0 Å². The molecule has 2 atom stereocenters. The molecule has 4 aromatic rings. The van der Waals surface area contributed by atoms with Gasteiger partial charge < -0.3 is 10.1 Å². The SMILES string of the molecule is Cc1ccccc1.O=C(Nc1ccccc1)C1N=C(c2ccccc2)OC1c1ccccc1. The van der Waals surface area contributed by atoms with Crippen molar-refractivity contribution in [2.24, 2.45) is 4.99 Å². The summed E-state index contributed by atoms with van der Waals surface area (Å²) in [5.41, 5.74) is 3.86. The van der Waals surface area contributed by atoms with E-state index in [-0.39, 0.29) is 5.91 Å². The summed E-state index contributed by atoms with van der Waals surface area (Å²) in [5, 5.41) is 2.93. The van der Waals surface area contributed by atoms with Crippen molar-refractivity contribution < 1.29 is 9.53 Å². The quantitative estimate of drug-likeness (QED) is 0.415. The number of carbonyl (C=O) groups excluding carboxylic acids is 1. The van der Waals surface area contributed by atoms with E-state index in [0.717, 1.165) is 16.8 Å². The first kappa shape index (κ1) is 22.0. The molecular weight excluding hydrogens is 408 g/mol. The summed E-state index contributed by atoms with van der Waals surface area (Å²) in [6.45, 7) is 2.08. The number of anilines is 1. The summed E-state index contributed by atoms with van der Waals surface area (Å²) in [4.78, 5) is 17.5. The number of nitrogens with zero attached hydrogens (tertiary/aromatic N) is 1. The second-order valence-corrected chi connectivity index (χ2v) is 7.70. The number of hydrogen-bond donors (Lipinski definition) is 1. The van der Waals surface area contributed by atoms with E-state index in [2.05, 4.69) is 29.4 Å². The molecule has 1 amide bonds. The van der Waals surface area contributed by atoms with Gasteiger partial charge in [-0.1, -0.05) is 103 Å². The van der Waals surface area contributed by atoms with Gasteiger partial charge in [0.05, 0.1) is 0 Å². The standard InChI is InChI=1S/C22H18N2O2.C7H8/c25-21(23-18-14-8-3-9-15-18)19-20(16-10-4-1-5-11-16)26-22(24-19)17-12-6-2-7-13-17;1-7-5-3-2-4-6-7/h1-15,19-20H,(H,23,25);2-6H,1H3. The Balaban J connectivity index is 0.000000318. The molecule has 1 heterocycles. The molecule has 1 aliphatic heterocycles. The van der Waals surface area contributed by atoms with Gasteiger partial charge in [0.25, 0.3) is 5.91 Å². The minimum Gasteiger partial charge on any atom is -0.466 e. The van der Waals surface area contributed by atoms with Crippen molar-refractivity contribution in [1.82, 2.24) is 0 Å². The topological polar surface area (TPSA) is 50.7 Å². The lowest BCUT2D eigenvalue weighted by molar-refractivity contribution is -0.118. The second kappa shape index (κ2) is 10.9. The van der Waals surface area contributed by atoms with E-state index in [1.54, 1.807) is 0 Å². The summed E-state index contributed by atoms with van der Waals surface area (Å²) >= 11 is 0. The fourth-order valence-corrected chi connectivity index (χ4v) is 3.49. The normalized spacial score (nSPS) is 16.6. The first-order valence-electron chi connectivity index (χ1n) is 10.9. The molecule has 5 rings (SSSR count). The highest BCUT2D eigenvalue weighted by Gasteiger charge is 2.38. The zero-order valence-electron chi connectivity index (χ0n) is 18.5. The van der Waals surface area contributed by atoms with Crippen molar-refractivity contribution >= 4 is 17.5 Å². The molecular formula is C29H26N2O2. The van der Waals surface area contributed by atoms with E-state index in [9.17, 15) is 4.79 Å². The molecule has 0 spiro atoms. The molecule has 0 saturated carbocycles. The number of nitrogens with one attached hydrogen (secondary N) is 1. The van der Waals surface area contributed by atoms with Gasteiger partial charge in [0.15, 0.2) is 12.1 Å². The van der Waals surface area contributed by atoms with E-state index in [4.69, 9.17) is 4.74 Å². The minimum absolute atomic E-state index is 0.184. The molecule has 4 aromatic carbocycles. The number of aliphatic imine (C=N–C) groups is 1. The number of ether oxygens (including phenoxy) is 1. The number of carbonyl (C=O) groups is 1. The van der Waals surface area contributed by atoms with Gasteiger partial charge in [-0.25, -0.2) is 4.99 Å². The van der Waals surface area contributed by atoms with Gasteiger partial charge in [0.1, 0.15) is 0 Å². The van der Waals surface area contributed by atoms with Crippen molar-refractivity contribution in [3.8, 4) is 0 Å². The summed E-state index contributed by atoms with van der Waals surface area (Å²) < 4.78 is 6.09.